The van der Waals surface area contributed by atoms with E-state index < -0.39 is 0 Å². The van der Waals surface area contributed by atoms with Crippen molar-refractivity contribution in [3.05, 3.63) is 0 Å². The van der Waals surface area contributed by atoms with Crippen LogP contribution < -0.4 is 5.73 Å². The van der Waals surface area contributed by atoms with Crippen molar-refractivity contribution in [2.45, 2.75) is 12.7 Å². The molecule has 1 amide bonds. The van der Waals surface area contributed by atoms with Crippen LogP contribution in [0.15, 0.2) is 0 Å². The van der Waals surface area contributed by atoms with E-state index in [4.69, 9.17) is 13.6 Å². The molecule has 0 fully saturated rings. The van der Waals surface area contributed by atoms with Gasteiger partial charge in [-0.3, -0.25) is 4.79 Å². The summed E-state index contributed by atoms with van der Waals surface area (Å²) in [5, 5.41) is 0. The molecule has 0 aromatic heterocycles. The van der Waals surface area contributed by atoms with Crippen LogP contribution in [0.25, 0.3) is 0 Å². The summed E-state index contributed by atoms with van der Waals surface area (Å²) in [7, 11) is 5.14. The lowest BCUT2D eigenvalue weighted by Crippen LogP contribution is -2.34. The monoisotopic (exact) mass is 168 g/mol. The fraction of sp³-hybridized carbons (Fsp3) is 0.714. The molecule has 0 aromatic carbocycles. The van der Waals surface area contributed by atoms with E-state index >= 15 is 0 Å². The first kappa shape index (κ1) is 11.2. The number of amides is 1. The largest absolute Gasteiger partial charge is 0.336 e. The highest BCUT2D eigenvalue weighted by Crippen LogP contribution is 1.93. The van der Waals surface area contributed by atoms with Gasteiger partial charge in [0.2, 0.25) is 5.91 Å². The van der Waals surface area contributed by atoms with Gasteiger partial charge >= 0.3 is 0 Å². The number of aldehydes is 1. The summed E-state index contributed by atoms with van der Waals surface area (Å²) in [5.74, 6) is -0.212. The average molecular weight is 168 g/mol. The highest BCUT2D eigenvalue weighted by atomic mass is 16.2. The van der Waals surface area contributed by atoms with Crippen molar-refractivity contribution < 1.29 is 9.59 Å². The minimum Gasteiger partial charge on any atom is -0.336 e. The number of carbonyl (C=O) groups is 2. The summed E-state index contributed by atoms with van der Waals surface area (Å²) >= 11 is 0. The Morgan fingerprint density at radius 1 is 1.58 bits per heavy atom. The van der Waals surface area contributed by atoms with Crippen molar-refractivity contribution in [1.29, 1.82) is 0 Å². The molecular formula is C7H13BN2O2. The first-order chi connectivity index (χ1) is 5.76. The number of hydrogen-bond donors (Lipinski definition) is 1. The lowest BCUT2D eigenvalue weighted by Gasteiger charge is -2.18. The molecule has 0 aliphatic heterocycles. The quantitative estimate of drug-likeness (QED) is 0.406. The van der Waals surface area contributed by atoms with Crippen LogP contribution in [-0.2, 0) is 9.59 Å². The molecule has 2 N–H and O–H groups in total. The summed E-state index contributed by atoms with van der Waals surface area (Å²) in [4.78, 5) is 22.5. The van der Waals surface area contributed by atoms with Crippen LogP contribution in [0.1, 0.15) is 6.42 Å². The zero-order valence-electron chi connectivity index (χ0n) is 7.03. The van der Waals surface area contributed by atoms with Crippen molar-refractivity contribution in [2.75, 3.05) is 19.6 Å². The van der Waals surface area contributed by atoms with Gasteiger partial charge in [0.05, 0.1) is 14.4 Å². The summed E-state index contributed by atoms with van der Waals surface area (Å²) in [6.07, 6.45) is 1.32. The summed E-state index contributed by atoms with van der Waals surface area (Å²) in [6.45, 7) is 1.12. The van der Waals surface area contributed by atoms with Crippen LogP contribution in [-0.4, -0.2) is 44.6 Å². The Kier molecular flexibility index (Phi) is 6.37. The summed E-state index contributed by atoms with van der Waals surface area (Å²) in [6, 6.07) is 0. The third-order valence-corrected chi connectivity index (χ3v) is 1.45. The van der Waals surface area contributed by atoms with Gasteiger partial charge < -0.3 is 15.4 Å². The van der Waals surface area contributed by atoms with E-state index in [1.54, 1.807) is 0 Å². The lowest BCUT2D eigenvalue weighted by molar-refractivity contribution is -0.130. The van der Waals surface area contributed by atoms with Gasteiger partial charge in [-0.15, -0.1) is 0 Å². The molecule has 0 aromatic rings. The molecule has 0 atom stereocenters. The van der Waals surface area contributed by atoms with Crippen molar-refractivity contribution in [3.8, 4) is 0 Å². The predicted octanol–water partition coefficient (Wildman–Crippen LogP) is -1.05. The van der Waals surface area contributed by atoms with Gasteiger partial charge in [-0.1, -0.05) is 0 Å². The van der Waals surface area contributed by atoms with Crippen molar-refractivity contribution in [3.63, 3.8) is 0 Å². The molecule has 12 heavy (non-hydrogen) atoms. The van der Waals surface area contributed by atoms with E-state index in [0.29, 0.717) is 25.8 Å². The standard InChI is InChI=1S/C7H13BN2O2/c8-6-7(12)10(4-5-11)3-1-2-9/h5H,1-4,6,9H2. The predicted molar refractivity (Wildman–Crippen MR) is 46.9 cm³/mol. The van der Waals surface area contributed by atoms with Gasteiger partial charge in [-0.25, -0.2) is 0 Å². The van der Waals surface area contributed by atoms with Gasteiger partial charge in [0.1, 0.15) is 6.29 Å². The zero-order chi connectivity index (χ0) is 9.40. The number of nitrogens with two attached hydrogens (primary N) is 1. The molecule has 0 heterocycles. The van der Waals surface area contributed by atoms with Gasteiger partial charge in [-0.2, -0.15) is 0 Å². The Labute approximate surface area is 73.5 Å². The van der Waals surface area contributed by atoms with Crippen LogP contribution in [0.4, 0.5) is 0 Å². The number of hydrogen-bond acceptors (Lipinski definition) is 3. The van der Waals surface area contributed by atoms with Crippen LogP contribution in [0.5, 0.6) is 0 Å². The third-order valence-electron chi connectivity index (χ3n) is 1.45. The van der Waals surface area contributed by atoms with E-state index in [1.807, 2.05) is 0 Å². The molecule has 0 bridgehead atoms. The summed E-state index contributed by atoms with van der Waals surface area (Å²) < 4.78 is 0. The van der Waals surface area contributed by atoms with Gasteiger partial charge in [-0.05, 0) is 19.3 Å². The SMILES string of the molecule is [B]CC(=O)N(CC=O)CCCN. The fourth-order valence-corrected chi connectivity index (χ4v) is 0.819. The second-order valence-electron chi connectivity index (χ2n) is 2.35. The van der Waals surface area contributed by atoms with Gasteiger partial charge in [0.25, 0.3) is 0 Å². The summed E-state index contributed by atoms with van der Waals surface area (Å²) in [5.41, 5.74) is 5.26. The Morgan fingerprint density at radius 3 is 2.67 bits per heavy atom. The Morgan fingerprint density at radius 2 is 2.25 bits per heavy atom. The van der Waals surface area contributed by atoms with Crippen LogP contribution in [0.3, 0.4) is 0 Å². The van der Waals surface area contributed by atoms with Gasteiger partial charge in [0, 0.05) is 6.54 Å². The fourth-order valence-electron chi connectivity index (χ4n) is 0.819. The minimum atomic E-state index is -0.212. The number of rotatable bonds is 6. The van der Waals surface area contributed by atoms with E-state index in [0.717, 1.165) is 0 Å². The molecular weight excluding hydrogens is 155 g/mol. The second-order valence-corrected chi connectivity index (χ2v) is 2.35. The molecule has 5 heteroatoms. The van der Waals surface area contributed by atoms with Crippen LogP contribution >= 0.6 is 0 Å². The van der Waals surface area contributed by atoms with E-state index in [9.17, 15) is 9.59 Å². The Hall–Kier alpha value is -0.835. The molecule has 0 saturated carbocycles. The first-order valence-electron chi connectivity index (χ1n) is 3.87. The topological polar surface area (TPSA) is 63.4 Å². The van der Waals surface area contributed by atoms with Crippen molar-refractivity contribution >= 4 is 20.0 Å². The maximum absolute atomic E-state index is 11.0. The van der Waals surface area contributed by atoms with E-state index in [2.05, 4.69) is 0 Å². The second kappa shape index (κ2) is 6.85. The molecule has 4 nitrogen and oxygen atoms in total. The first-order valence-corrected chi connectivity index (χ1v) is 3.87. The smallest absolute Gasteiger partial charge is 0.214 e. The van der Waals surface area contributed by atoms with Crippen molar-refractivity contribution in [2.24, 2.45) is 5.73 Å². The lowest BCUT2D eigenvalue weighted by atomic mass is 10.0. The van der Waals surface area contributed by atoms with Crippen molar-refractivity contribution in [1.82, 2.24) is 4.90 Å². The molecule has 0 rings (SSSR count). The molecule has 0 unspecified atom stereocenters. The molecule has 2 radical (unpaired) electrons. The maximum Gasteiger partial charge on any atom is 0.214 e. The molecule has 0 spiro atoms. The van der Waals surface area contributed by atoms with Crippen LogP contribution in [0, 0.1) is 0 Å². The zero-order valence-corrected chi connectivity index (χ0v) is 7.03. The van der Waals surface area contributed by atoms with Gasteiger partial charge in [0.15, 0.2) is 0 Å². The normalized spacial score (nSPS) is 9.42. The molecule has 66 valence electrons. The minimum absolute atomic E-state index is 0.0571. The average Bonchev–Trinajstić information content (AvgIpc) is 2.11. The van der Waals surface area contributed by atoms with Crippen LogP contribution in [0.2, 0.25) is 6.32 Å². The Bertz CT molecular complexity index is 152. The van der Waals surface area contributed by atoms with E-state index in [-0.39, 0.29) is 18.8 Å². The third kappa shape index (κ3) is 4.13. The molecule has 0 aliphatic rings. The highest BCUT2D eigenvalue weighted by Gasteiger charge is 2.08. The highest BCUT2D eigenvalue weighted by molar-refractivity contribution is 6.19. The maximum atomic E-state index is 11.0. The molecule has 0 aliphatic carbocycles. The number of nitrogens with zero attached hydrogens (tertiary/aromatic N) is 1. The number of carbonyl (C=O) groups excluding carboxylic acids is 2. The van der Waals surface area contributed by atoms with E-state index in [1.165, 1.54) is 4.90 Å². The Balaban J connectivity index is 3.84. The molecule has 0 saturated heterocycles.